The molecule has 1 aromatic carbocycles. The summed E-state index contributed by atoms with van der Waals surface area (Å²) in [6, 6.07) is 6.34. The van der Waals surface area contributed by atoms with Crippen LogP contribution in [-0.2, 0) is 0 Å². The molecule has 3 heteroatoms. The van der Waals surface area contributed by atoms with E-state index in [1.54, 1.807) is 0 Å². The van der Waals surface area contributed by atoms with Crippen molar-refractivity contribution in [1.82, 2.24) is 0 Å². The molecule has 2 nitrogen and oxygen atoms in total. The Balaban J connectivity index is 2.61. The van der Waals surface area contributed by atoms with Crippen molar-refractivity contribution in [3.8, 4) is 0 Å². The van der Waals surface area contributed by atoms with E-state index >= 15 is 0 Å². The molecule has 0 saturated carbocycles. The Hall–Kier alpha value is -1.58. The molecular weight excluding hydrogens is 247 g/mol. The second-order valence-corrected chi connectivity index (χ2v) is 5.57. The summed E-state index contributed by atoms with van der Waals surface area (Å²) in [6.07, 6.45) is 6.09. The fraction of sp³-hybridized carbons (Fsp3) is 0.294. The molecular formula is C17H21BO2. The first-order chi connectivity index (χ1) is 9.40. The van der Waals surface area contributed by atoms with Crippen LogP contribution in [0.4, 0.5) is 0 Å². The van der Waals surface area contributed by atoms with Gasteiger partial charge in [-0.2, -0.15) is 0 Å². The van der Waals surface area contributed by atoms with E-state index in [0.717, 1.165) is 16.7 Å². The van der Waals surface area contributed by atoms with Crippen LogP contribution in [-0.4, -0.2) is 17.2 Å². The first-order valence-corrected chi connectivity index (χ1v) is 6.95. The molecule has 0 spiro atoms. The van der Waals surface area contributed by atoms with Gasteiger partial charge in [-0.3, -0.25) is 0 Å². The number of hydrogen-bond acceptors (Lipinski definition) is 2. The molecule has 0 heterocycles. The van der Waals surface area contributed by atoms with Gasteiger partial charge in [0.15, 0.2) is 0 Å². The van der Waals surface area contributed by atoms with Gasteiger partial charge in [0.1, 0.15) is 0 Å². The van der Waals surface area contributed by atoms with Gasteiger partial charge in [-0.25, -0.2) is 0 Å². The van der Waals surface area contributed by atoms with E-state index in [4.69, 9.17) is 0 Å². The molecule has 0 aliphatic heterocycles. The van der Waals surface area contributed by atoms with Crippen LogP contribution in [0.25, 0.3) is 5.57 Å². The van der Waals surface area contributed by atoms with Gasteiger partial charge in [0.05, 0.1) is 0 Å². The number of hydrogen-bond donors (Lipinski definition) is 2. The highest BCUT2D eigenvalue weighted by Gasteiger charge is 2.22. The predicted molar refractivity (Wildman–Crippen MR) is 85.1 cm³/mol. The Bertz CT molecular complexity index is 609. The Morgan fingerprint density at radius 2 is 1.80 bits per heavy atom. The van der Waals surface area contributed by atoms with Gasteiger partial charge in [0.2, 0.25) is 0 Å². The molecule has 20 heavy (non-hydrogen) atoms. The van der Waals surface area contributed by atoms with Gasteiger partial charge in [-0.15, -0.1) is 0 Å². The van der Waals surface area contributed by atoms with Crippen molar-refractivity contribution in [2.75, 3.05) is 0 Å². The maximum atomic E-state index is 9.59. The van der Waals surface area contributed by atoms with E-state index < -0.39 is 7.12 Å². The SMILES string of the molecule is CC1=C(c2ccc(C)cc2C)C=CC(C)C=C1B(O)O. The van der Waals surface area contributed by atoms with E-state index in [-0.39, 0.29) is 5.92 Å². The van der Waals surface area contributed by atoms with Gasteiger partial charge >= 0.3 is 7.12 Å². The average molecular weight is 268 g/mol. The number of benzene rings is 1. The minimum atomic E-state index is -1.43. The summed E-state index contributed by atoms with van der Waals surface area (Å²) in [7, 11) is -1.43. The summed E-state index contributed by atoms with van der Waals surface area (Å²) >= 11 is 0. The Labute approximate surface area is 121 Å². The standard InChI is InChI=1S/C17H21BO2/c1-11-5-7-15(13(3)9-11)16-8-6-12(2)10-17(14(16)4)18(19)20/h5-10,12,19-20H,1-4H3. The monoisotopic (exact) mass is 268 g/mol. The van der Waals surface area contributed by atoms with Crippen molar-refractivity contribution in [3.05, 3.63) is 64.2 Å². The van der Waals surface area contributed by atoms with Gasteiger partial charge in [0, 0.05) is 0 Å². The highest BCUT2D eigenvalue weighted by Crippen LogP contribution is 2.31. The molecule has 1 aromatic rings. The van der Waals surface area contributed by atoms with Crippen LogP contribution in [0.15, 0.2) is 47.5 Å². The number of allylic oxidation sites excluding steroid dienone is 6. The third kappa shape index (κ3) is 2.95. The van der Waals surface area contributed by atoms with Crippen LogP contribution in [0.1, 0.15) is 30.5 Å². The van der Waals surface area contributed by atoms with Crippen molar-refractivity contribution in [2.24, 2.45) is 5.92 Å². The zero-order valence-corrected chi connectivity index (χ0v) is 12.5. The van der Waals surface area contributed by atoms with Crippen molar-refractivity contribution in [2.45, 2.75) is 27.7 Å². The van der Waals surface area contributed by atoms with Gasteiger partial charge in [0.25, 0.3) is 0 Å². The Morgan fingerprint density at radius 1 is 1.10 bits per heavy atom. The lowest BCUT2D eigenvalue weighted by Crippen LogP contribution is -2.17. The molecule has 2 rings (SSSR count). The highest BCUT2D eigenvalue weighted by atomic mass is 16.4. The smallest absolute Gasteiger partial charge is 0.423 e. The van der Waals surface area contributed by atoms with E-state index in [2.05, 4.69) is 44.2 Å². The molecule has 0 saturated heterocycles. The highest BCUT2D eigenvalue weighted by molar-refractivity contribution is 6.52. The molecule has 1 aliphatic rings. The molecule has 104 valence electrons. The largest absolute Gasteiger partial charge is 0.488 e. The molecule has 1 unspecified atom stereocenters. The summed E-state index contributed by atoms with van der Waals surface area (Å²) in [5.74, 6) is 0.185. The van der Waals surface area contributed by atoms with Crippen molar-refractivity contribution >= 4 is 12.7 Å². The molecule has 1 aliphatic carbocycles. The lowest BCUT2D eigenvalue weighted by Gasteiger charge is -2.14. The minimum Gasteiger partial charge on any atom is -0.423 e. The summed E-state index contributed by atoms with van der Waals surface area (Å²) in [4.78, 5) is 0. The topological polar surface area (TPSA) is 40.5 Å². The molecule has 0 aromatic heterocycles. The summed E-state index contributed by atoms with van der Waals surface area (Å²) in [6.45, 7) is 8.15. The van der Waals surface area contributed by atoms with E-state index in [1.165, 1.54) is 11.1 Å². The van der Waals surface area contributed by atoms with Crippen LogP contribution in [0.3, 0.4) is 0 Å². The van der Waals surface area contributed by atoms with Crippen LogP contribution < -0.4 is 0 Å². The third-order valence-electron chi connectivity index (χ3n) is 3.80. The second-order valence-electron chi connectivity index (χ2n) is 5.57. The molecule has 0 fully saturated rings. The summed E-state index contributed by atoms with van der Waals surface area (Å²) < 4.78 is 0. The minimum absolute atomic E-state index is 0.185. The average Bonchev–Trinajstić information content (AvgIpc) is 2.50. The quantitative estimate of drug-likeness (QED) is 0.808. The normalized spacial score (nSPS) is 18.9. The predicted octanol–water partition coefficient (Wildman–Crippen LogP) is 3.22. The van der Waals surface area contributed by atoms with E-state index in [9.17, 15) is 10.0 Å². The van der Waals surface area contributed by atoms with Gasteiger partial charge in [-0.1, -0.05) is 48.9 Å². The first kappa shape index (κ1) is 14.8. The fourth-order valence-electron chi connectivity index (χ4n) is 2.68. The van der Waals surface area contributed by atoms with Crippen LogP contribution in [0.5, 0.6) is 0 Å². The summed E-state index contributed by atoms with van der Waals surface area (Å²) in [5, 5.41) is 19.2. The Morgan fingerprint density at radius 3 is 2.40 bits per heavy atom. The number of aryl methyl sites for hydroxylation is 2. The molecule has 0 amide bonds. The number of rotatable bonds is 2. The molecule has 0 radical (unpaired) electrons. The maximum Gasteiger partial charge on any atom is 0.488 e. The van der Waals surface area contributed by atoms with Crippen molar-refractivity contribution < 1.29 is 10.0 Å². The lowest BCUT2D eigenvalue weighted by molar-refractivity contribution is 0.419. The van der Waals surface area contributed by atoms with Crippen LogP contribution in [0, 0.1) is 19.8 Å². The fourth-order valence-corrected chi connectivity index (χ4v) is 2.68. The van der Waals surface area contributed by atoms with Crippen molar-refractivity contribution in [1.29, 1.82) is 0 Å². The van der Waals surface area contributed by atoms with Gasteiger partial charge < -0.3 is 10.0 Å². The third-order valence-corrected chi connectivity index (χ3v) is 3.80. The van der Waals surface area contributed by atoms with E-state index in [0.29, 0.717) is 5.47 Å². The van der Waals surface area contributed by atoms with Crippen LogP contribution in [0.2, 0.25) is 0 Å². The zero-order valence-electron chi connectivity index (χ0n) is 12.5. The lowest BCUT2D eigenvalue weighted by atomic mass is 9.72. The molecule has 1 atom stereocenters. The zero-order chi connectivity index (χ0) is 14.9. The second kappa shape index (κ2) is 5.82. The van der Waals surface area contributed by atoms with Gasteiger partial charge in [-0.05, 0) is 54.4 Å². The van der Waals surface area contributed by atoms with Crippen molar-refractivity contribution in [3.63, 3.8) is 0 Å². The Kier molecular flexibility index (Phi) is 4.31. The maximum absolute atomic E-state index is 9.59. The first-order valence-electron chi connectivity index (χ1n) is 6.95. The molecule has 2 N–H and O–H groups in total. The van der Waals surface area contributed by atoms with Crippen LogP contribution >= 0.6 is 0 Å². The molecule has 0 bridgehead atoms. The van der Waals surface area contributed by atoms with E-state index in [1.807, 2.05) is 19.9 Å². The summed E-state index contributed by atoms with van der Waals surface area (Å²) in [5.41, 5.74) is 6.15.